The number of rotatable bonds is 3. The molecule has 0 aliphatic rings. The number of methoxy groups -OCH3 is 2. The lowest BCUT2D eigenvalue weighted by molar-refractivity contribution is -0.134. The monoisotopic (exact) mass is 244 g/mol. The predicted molar refractivity (Wildman–Crippen MR) is 66.8 cm³/mol. The van der Waals surface area contributed by atoms with Crippen LogP contribution in [0.3, 0.4) is 0 Å². The summed E-state index contributed by atoms with van der Waals surface area (Å²) in [5, 5.41) is 0. The first-order valence-electron chi connectivity index (χ1n) is 5.07. The first-order chi connectivity index (χ1) is 8.62. The summed E-state index contributed by atoms with van der Waals surface area (Å²) in [5.74, 6) is 1.40. The molecule has 0 saturated carbocycles. The van der Waals surface area contributed by atoms with Gasteiger partial charge in [0.05, 0.1) is 19.8 Å². The van der Waals surface area contributed by atoms with Crippen LogP contribution < -0.4 is 0 Å². The molecule has 1 rings (SSSR count). The van der Waals surface area contributed by atoms with Gasteiger partial charge in [-0.3, -0.25) is 0 Å². The Hall–Kier alpha value is -2.54. The molecule has 0 N–H and O–H groups in total. The molecular formula is C14H12O4. The second-order valence-electron chi connectivity index (χ2n) is 3.29. The van der Waals surface area contributed by atoms with Gasteiger partial charge in [0.15, 0.2) is 0 Å². The van der Waals surface area contributed by atoms with Crippen LogP contribution in [0, 0.1) is 12.3 Å². The van der Waals surface area contributed by atoms with Crippen LogP contribution in [0.4, 0.5) is 0 Å². The third-order valence-electron chi connectivity index (χ3n) is 2.23. The molecule has 0 bridgehead atoms. The van der Waals surface area contributed by atoms with Gasteiger partial charge in [0.2, 0.25) is 0 Å². The van der Waals surface area contributed by atoms with Crippen molar-refractivity contribution in [3.63, 3.8) is 0 Å². The molecule has 0 spiro atoms. The van der Waals surface area contributed by atoms with Crippen molar-refractivity contribution in [3.05, 3.63) is 41.0 Å². The van der Waals surface area contributed by atoms with E-state index in [1.807, 2.05) is 0 Å². The number of ether oxygens (including phenoxy) is 2. The Morgan fingerprint density at radius 3 is 2.56 bits per heavy atom. The van der Waals surface area contributed by atoms with Crippen LogP contribution in [0.5, 0.6) is 0 Å². The standard InChI is InChI=1S/C14H12O4/c1-4-10-5-6-11(7-8-13(15)17-2)12(9-10)14(16)18-3/h1,5-9H,2-3H3/b8-7+. The van der Waals surface area contributed by atoms with Crippen molar-refractivity contribution in [2.24, 2.45) is 0 Å². The Morgan fingerprint density at radius 1 is 1.28 bits per heavy atom. The van der Waals surface area contributed by atoms with Gasteiger partial charge < -0.3 is 9.47 Å². The topological polar surface area (TPSA) is 52.6 Å². The van der Waals surface area contributed by atoms with E-state index in [0.717, 1.165) is 0 Å². The lowest BCUT2D eigenvalue weighted by Gasteiger charge is -2.04. The Bertz CT molecular complexity index is 535. The molecule has 0 radical (unpaired) electrons. The summed E-state index contributed by atoms with van der Waals surface area (Å²) < 4.78 is 9.12. The van der Waals surface area contributed by atoms with Gasteiger partial charge in [-0.2, -0.15) is 0 Å². The molecular weight excluding hydrogens is 232 g/mol. The fraction of sp³-hybridized carbons (Fsp3) is 0.143. The van der Waals surface area contributed by atoms with E-state index in [4.69, 9.17) is 6.42 Å². The van der Waals surface area contributed by atoms with Crippen LogP contribution in [0.2, 0.25) is 0 Å². The molecule has 0 saturated heterocycles. The zero-order valence-electron chi connectivity index (χ0n) is 10.1. The minimum absolute atomic E-state index is 0.299. The SMILES string of the molecule is C#Cc1ccc(/C=C/C(=O)OC)c(C(=O)OC)c1. The summed E-state index contributed by atoms with van der Waals surface area (Å²) in [4.78, 5) is 22.6. The molecule has 0 heterocycles. The van der Waals surface area contributed by atoms with Crippen molar-refractivity contribution in [2.75, 3.05) is 14.2 Å². The van der Waals surface area contributed by atoms with E-state index in [0.29, 0.717) is 16.7 Å². The van der Waals surface area contributed by atoms with Crippen molar-refractivity contribution in [1.82, 2.24) is 0 Å². The van der Waals surface area contributed by atoms with E-state index < -0.39 is 11.9 Å². The van der Waals surface area contributed by atoms with Crippen molar-refractivity contribution < 1.29 is 19.1 Å². The summed E-state index contributed by atoms with van der Waals surface area (Å²) in [6, 6.07) is 4.84. The highest BCUT2D eigenvalue weighted by atomic mass is 16.5. The first-order valence-corrected chi connectivity index (χ1v) is 5.07. The predicted octanol–water partition coefficient (Wildman–Crippen LogP) is 1.64. The molecule has 0 fully saturated rings. The van der Waals surface area contributed by atoms with Gasteiger partial charge in [-0.15, -0.1) is 6.42 Å². The zero-order chi connectivity index (χ0) is 13.5. The Balaban J connectivity index is 3.19. The number of carbonyl (C=O) groups excluding carboxylic acids is 2. The Morgan fingerprint density at radius 2 is 2.00 bits per heavy atom. The van der Waals surface area contributed by atoms with Gasteiger partial charge in [-0.05, 0) is 23.8 Å². The third kappa shape index (κ3) is 3.22. The van der Waals surface area contributed by atoms with Gasteiger partial charge in [0.25, 0.3) is 0 Å². The number of terminal acetylenes is 1. The molecule has 0 aliphatic carbocycles. The smallest absolute Gasteiger partial charge is 0.338 e. The number of esters is 2. The van der Waals surface area contributed by atoms with E-state index >= 15 is 0 Å². The maximum Gasteiger partial charge on any atom is 0.338 e. The minimum atomic E-state index is -0.517. The van der Waals surface area contributed by atoms with Crippen molar-refractivity contribution in [2.45, 2.75) is 0 Å². The first kappa shape index (κ1) is 13.5. The van der Waals surface area contributed by atoms with Gasteiger partial charge in [0.1, 0.15) is 0 Å². The van der Waals surface area contributed by atoms with Crippen LogP contribution >= 0.6 is 0 Å². The summed E-state index contributed by atoms with van der Waals surface area (Å²) in [7, 11) is 2.55. The molecule has 0 aromatic heterocycles. The number of hydrogen-bond acceptors (Lipinski definition) is 4. The average molecular weight is 244 g/mol. The summed E-state index contributed by atoms with van der Waals surface area (Å²) in [5.41, 5.74) is 1.39. The van der Waals surface area contributed by atoms with E-state index in [9.17, 15) is 9.59 Å². The molecule has 1 aromatic carbocycles. The van der Waals surface area contributed by atoms with Crippen molar-refractivity contribution >= 4 is 18.0 Å². The molecule has 0 unspecified atom stereocenters. The zero-order valence-corrected chi connectivity index (χ0v) is 10.1. The van der Waals surface area contributed by atoms with Gasteiger partial charge >= 0.3 is 11.9 Å². The van der Waals surface area contributed by atoms with E-state index in [2.05, 4.69) is 15.4 Å². The maximum absolute atomic E-state index is 11.6. The second kappa shape index (κ2) is 6.26. The average Bonchev–Trinajstić information content (AvgIpc) is 2.43. The van der Waals surface area contributed by atoms with Crippen LogP contribution in [0.25, 0.3) is 6.08 Å². The molecule has 0 aliphatic heterocycles. The number of carbonyl (C=O) groups is 2. The summed E-state index contributed by atoms with van der Waals surface area (Å²) in [6.07, 6.45) is 7.95. The number of hydrogen-bond donors (Lipinski definition) is 0. The number of benzene rings is 1. The van der Waals surface area contributed by atoms with E-state index in [1.165, 1.54) is 32.4 Å². The van der Waals surface area contributed by atoms with Crippen LogP contribution in [0.15, 0.2) is 24.3 Å². The largest absolute Gasteiger partial charge is 0.466 e. The van der Waals surface area contributed by atoms with Crippen LogP contribution in [-0.2, 0) is 14.3 Å². The molecule has 4 heteroatoms. The molecule has 4 nitrogen and oxygen atoms in total. The Labute approximate surface area is 105 Å². The van der Waals surface area contributed by atoms with Gasteiger partial charge in [-0.1, -0.05) is 12.0 Å². The third-order valence-corrected chi connectivity index (χ3v) is 2.23. The molecule has 92 valence electrons. The fourth-order valence-electron chi connectivity index (χ4n) is 1.30. The highest BCUT2D eigenvalue weighted by molar-refractivity contribution is 5.96. The van der Waals surface area contributed by atoms with E-state index in [-0.39, 0.29) is 0 Å². The second-order valence-corrected chi connectivity index (χ2v) is 3.29. The van der Waals surface area contributed by atoms with Crippen LogP contribution in [-0.4, -0.2) is 26.2 Å². The molecule has 0 atom stereocenters. The molecule has 1 aromatic rings. The van der Waals surface area contributed by atoms with Crippen LogP contribution in [0.1, 0.15) is 21.5 Å². The lowest BCUT2D eigenvalue weighted by atomic mass is 10.0. The Kier molecular flexibility index (Phi) is 4.70. The lowest BCUT2D eigenvalue weighted by Crippen LogP contribution is -2.04. The minimum Gasteiger partial charge on any atom is -0.466 e. The normalized spacial score (nSPS) is 9.83. The molecule has 18 heavy (non-hydrogen) atoms. The highest BCUT2D eigenvalue weighted by Crippen LogP contribution is 2.15. The maximum atomic E-state index is 11.6. The van der Waals surface area contributed by atoms with E-state index in [1.54, 1.807) is 12.1 Å². The van der Waals surface area contributed by atoms with Crippen molar-refractivity contribution in [3.8, 4) is 12.3 Å². The summed E-state index contributed by atoms with van der Waals surface area (Å²) in [6.45, 7) is 0. The van der Waals surface area contributed by atoms with Gasteiger partial charge in [-0.25, -0.2) is 9.59 Å². The fourth-order valence-corrected chi connectivity index (χ4v) is 1.30. The quantitative estimate of drug-likeness (QED) is 0.461. The summed E-state index contributed by atoms with van der Waals surface area (Å²) >= 11 is 0. The van der Waals surface area contributed by atoms with Crippen molar-refractivity contribution in [1.29, 1.82) is 0 Å². The highest BCUT2D eigenvalue weighted by Gasteiger charge is 2.10. The van der Waals surface area contributed by atoms with Gasteiger partial charge in [0, 0.05) is 11.6 Å². The molecule has 0 amide bonds.